The van der Waals surface area contributed by atoms with E-state index in [4.69, 9.17) is 24.2 Å². The number of benzene rings is 2. The van der Waals surface area contributed by atoms with Crippen LogP contribution in [0.3, 0.4) is 0 Å². The number of aromatic nitrogens is 2. The van der Waals surface area contributed by atoms with Gasteiger partial charge in [-0.3, -0.25) is 0 Å². The summed E-state index contributed by atoms with van der Waals surface area (Å²) < 4.78 is 17.0. The number of alkyl carbamates (subject to hydrolysis) is 1. The zero-order chi connectivity index (χ0) is 24.6. The third-order valence-corrected chi connectivity index (χ3v) is 6.25. The first kappa shape index (κ1) is 23.2. The molecule has 2 N–H and O–H groups in total. The number of anilines is 1. The minimum Gasteiger partial charge on any atom is -0.486 e. The average Bonchev–Trinajstić information content (AvgIpc) is 3.23. The number of carbonyl (C=O) groups is 1. The normalized spacial score (nSPS) is 19.4. The Kier molecular flexibility index (Phi) is 6.13. The maximum absolute atomic E-state index is 12.1. The van der Waals surface area contributed by atoms with Crippen LogP contribution < -0.4 is 20.1 Å². The predicted molar refractivity (Wildman–Crippen MR) is 135 cm³/mol. The Balaban J connectivity index is 1.30. The Bertz CT molecular complexity index is 1250. The highest BCUT2D eigenvalue weighted by Crippen LogP contribution is 2.40. The maximum Gasteiger partial charge on any atom is 0.407 e. The van der Waals surface area contributed by atoms with Crippen LogP contribution in [0.2, 0.25) is 0 Å². The van der Waals surface area contributed by atoms with Crippen molar-refractivity contribution in [2.24, 2.45) is 0 Å². The Labute approximate surface area is 205 Å². The molecule has 0 spiro atoms. The number of rotatable bonds is 4. The summed E-state index contributed by atoms with van der Waals surface area (Å²) in [5.41, 5.74) is 3.33. The van der Waals surface area contributed by atoms with E-state index in [1.54, 1.807) is 0 Å². The lowest BCUT2D eigenvalue weighted by Gasteiger charge is -2.22. The predicted octanol–water partition coefficient (Wildman–Crippen LogP) is 5.23. The molecule has 0 unspecified atom stereocenters. The second-order valence-electron chi connectivity index (χ2n) is 10.2. The summed E-state index contributed by atoms with van der Waals surface area (Å²) in [4.78, 5) is 21.6. The zero-order valence-electron chi connectivity index (χ0n) is 20.7. The molecular formula is C27H32N4O4. The summed E-state index contributed by atoms with van der Waals surface area (Å²) in [7, 11) is 0. The number of nitrogens with zero attached hydrogens (tertiary/aromatic N) is 2. The molecule has 1 aliphatic heterocycles. The van der Waals surface area contributed by atoms with Crippen molar-refractivity contribution in [1.29, 1.82) is 0 Å². The minimum atomic E-state index is -0.503. The van der Waals surface area contributed by atoms with Gasteiger partial charge in [-0.05, 0) is 70.7 Å². The van der Waals surface area contributed by atoms with Gasteiger partial charge in [0, 0.05) is 23.0 Å². The van der Waals surface area contributed by atoms with Gasteiger partial charge in [-0.25, -0.2) is 14.8 Å². The van der Waals surface area contributed by atoms with E-state index in [-0.39, 0.29) is 18.2 Å². The van der Waals surface area contributed by atoms with Crippen LogP contribution in [0.1, 0.15) is 45.7 Å². The van der Waals surface area contributed by atoms with Gasteiger partial charge < -0.3 is 24.8 Å². The highest BCUT2D eigenvalue weighted by molar-refractivity contribution is 5.88. The lowest BCUT2D eigenvalue weighted by atomic mass is 10.0. The van der Waals surface area contributed by atoms with Gasteiger partial charge in [0.15, 0.2) is 11.5 Å². The fourth-order valence-corrected chi connectivity index (χ4v) is 4.72. The summed E-state index contributed by atoms with van der Waals surface area (Å²) in [5, 5.41) is 7.43. The zero-order valence-corrected chi connectivity index (χ0v) is 20.7. The fraction of sp³-hybridized carbons (Fsp3) is 0.444. The smallest absolute Gasteiger partial charge is 0.407 e. The van der Waals surface area contributed by atoms with Crippen LogP contribution in [-0.4, -0.2) is 47.0 Å². The van der Waals surface area contributed by atoms with E-state index in [2.05, 4.69) is 22.8 Å². The summed E-state index contributed by atoms with van der Waals surface area (Å²) in [6.07, 6.45) is 2.26. The third-order valence-electron chi connectivity index (χ3n) is 6.25. The lowest BCUT2D eigenvalue weighted by Crippen LogP contribution is -2.38. The number of ether oxygens (including phenoxy) is 3. The van der Waals surface area contributed by atoms with Gasteiger partial charge >= 0.3 is 6.09 Å². The molecule has 8 heteroatoms. The van der Waals surface area contributed by atoms with Gasteiger partial charge in [-0.1, -0.05) is 18.2 Å². The Morgan fingerprint density at radius 2 is 1.86 bits per heavy atom. The SMILES string of the molecule is Cc1nc(N[C@@H]2CC[C@H](NC(=O)OC(C)(C)C)C2)nc2ccc(-c3cccc4c3OCCO4)cc12. The van der Waals surface area contributed by atoms with Crippen molar-refractivity contribution in [2.45, 2.75) is 64.6 Å². The van der Waals surface area contributed by atoms with Crippen molar-refractivity contribution >= 4 is 22.9 Å². The summed E-state index contributed by atoms with van der Waals surface area (Å²) in [6, 6.07) is 12.4. The molecule has 0 bridgehead atoms. The molecule has 1 fully saturated rings. The molecule has 184 valence electrons. The number of fused-ring (bicyclic) bond motifs is 2. The molecule has 2 aliphatic rings. The highest BCUT2D eigenvalue weighted by Gasteiger charge is 2.28. The van der Waals surface area contributed by atoms with E-state index in [0.29, 0.717) is 19.2 Å². The topological polar surface area (TPSA) is 94.6 Å². The van der Waals surface area contributed by atoms with Crippen LogP contribution in [0.15, 0.2) is 36.4 Å². The van der Waals surface area contributed by atoms with Gasteiger partial charge in [-0.2, -0.15) is 0 Å². The van der Waals surface area contributed by atoms with E-state index >= 15 is 0 Å². The molecule has 2 aromatic carbocycles. The largest absolute Gasteiger partial charge is 0.486 e. The molecule has 35 heavy (non-hydrogen) atoms. The van der Waals surface area contributed by atoms with Gasteiger partial charge in [0.1, 0.15) is 18.8 Å². The highest BCUT2D eigenvalue weighted by atomic mass is 16.6. The molecule has 2 atom stereocenters. The van der Waals surface area contributed by atoms with E-state index in [1.165, 1.54) is 0 Å². The van der Waals surface area contributed by atoms with Crippen molar-refractivity contribution < 1.29 is 19.0 Å². The maximum atomic E-state index is 12.1. The van der Waals surface area contributed by atoms with Crippen molar-refractivity contribution in [3.63, 3.8) is 0 Å². The Hall–Kier alpha value is -3.55. The number of nitrogens with one attached hydrogen (secondary N) is 2. The van der Waals surface area contributed by atoms with E-state index in [1.807, 2.05) is 52.0 Å². The first-order valence-corrected chi connectivity index (χ1v) is 12.2. The number of amides is 1. The van der Waals surface area contributed by atoms with Gasteiger partial charge in [-0.15, -0.1) is 0 Å². The second kappa shape index (κ2) is 9.24. The molecular weight excluding hydrogens is 444 g/mol. The van der Waals surface area contributed by atoms with E-state index in [9.17, 15) is 4.79 Å². The number of para-hydroxylation sites is 1. The summed E-state index contributed by atoms with van der Waals surface area (Å²) in [6.45, 7) is 8.71. The standard InChI is InChI=1S/C27H32N4O4/c1-16-21-14-17(20-6-5-7-23-24(20)34-13-12-33-23)8-11-22(21)31-25(28-16)29-18-9-10-19(15-18)30-26(32)35-27(2,3)4/h5-8,11,14,18-19H,9-10,12-13,15H2,1-4H3,(H,30,32)(H,28,29,31)/t18-,19+/m1/s1. The molecule has 1 aliphatic carbocycles. The third kappa shape index (κ3) is 5.26. The number of carbonyl (C=O) groups excluding carboxylic acids is 1. The fourth-order valence-electron chi connectivity index (χ4n) is 4.72. The van der Waals surface area contributed by atoms with Crippen molar-refractivity contribution in [1.82, 2.24) is 15.3 Å². The van der Waals surface area contributed by atoms with E-state index < -0.39 is 5.60 Å². The van der Waals surface area contributed by atoms with Gasteiger partial charge in [0.25, 0.3) is 0 Å². The molecule has 0 radical (unpaired) electrons. The van der Waals surface area contributed by atoms with Crippen molar-refractivity contribution in [3.8, 4) is 22.6 Å². The molecule has 1 aromatic heterocycles. The molecule has 3 aromatic rings. The minimum absolute atomic E-state index is 0.0782. The Morgan fingerprint density at radius 1 is 1.06 bits per heavy atom. The first-order chi connectivity index (χ1) is 16.7. The number of hydrogen-bond donors (Lipinski definition) is 2. The quantitative estimate of drug-likeness (QED) is 0.532. The lowest BCUT2D eigenvalue weighted by molar-refractivity contribution is 0.0505. The molecule has 1 saturated carbocycles. The molecule has 1 amide bonds. The van der Waals surface area contributed by atoms with Crippen LogP contribution in [0.25, 0.3) is 22.0 Å². The van der Waals surface area contributed by atoms with Crippen LogP contribution in [0, 0.1) is 6.92 Å². The summed E-state index contributed by atoms with van der Waals surface area (Å²) >= 11 is 0. The van der Waals surface area contributed by atoms with Crippen molar-refractivity contribution in [3.05, 3.63) is 42.1 Å². The number of aryl methyl sites for hydroxylation is 1. The van der Waals surface area contributed by atoms with Crippen LogP contribution in [0.5, 0.6) is 11.5 Å². The monoisotopic (exact) mass is 476 g/mol. The number of hydrogen-bond acceptors (Lipinski definition) is 7. The van der Waals surface area contributed by atoms with Crippen LogP contribution in [-0.2, 0) is 4.74 Å². The van der Waals surface area contributed by atoms with Gasteiger partial charge in [0.05, 0.1) is 11.2 Å². The van der Waals surface area contributed by atoms with Gasteiger partial charge in [0.2, 0.25) is 5.95 Å². The summed E-state index contributed by atoms with van der Waals surface area (Å²) in [5.74, 6) is 2.17. The van der Waals surface area contributed by atoms with Crippen LogP contribution >= 0.6 is 0 Å². The van der Waals surface area contributed by atoms with Crippen molar-refractivity contribution in [2.75, 3.05) is 18.5 Å². The molecule has 5 rings (SSSR count). The first-order valence-electron chi connectivity index (χ1n) is 12.2. The molecule has 2 heterocycles. The van der Waals surface area contributed by atoms with E-state index in [0.717, 1.165) is 58.5 Å². The average molecular weight is 477 g/mol. The molecule has 0 saturated heterocycles. The van der Waals surface area contributed by atoms with Crippen LogP contribution in [0.4, 0.5) is 10.7 Å². The Morgan fingerprint density at radius 3 is 2.69 bits per heavy atom. The molecule has 8 nitrogen and oxygen atoms in total. The second-order valence-corrected chi connectivity index (χ2v) is 10.2.